The van der Waals surface area contributed by atoms with Crippen LogP contribution in [0.15, 0.2) is 35.1 Å². The fraction of sp³-hybridized carbons (Fsp3) is 0.375. The highest BCUT2D eigenvalue weighted by Gasteiger charge is 2.19. The Labute approximate surface area is 143 Å². The molecule has 7 heteroatoms. The third-order valence-corrected chi connectivity index (χ3v) is 4.65. The molecule has 3 rings (SSSR count). The number of hydrogen-bond acceptors (Lipinski definition) is 5. The first-order valence-corrected chi connectivity index (χ1v) is 8.22. The fourth-order valence-electron chi connectivity index (χ4n) is 2.61. The van der Waals surface area contributed by atoms with E-state index >= 15 is 0 Å². The summed E-state index contributed by atoms with van der Waals surface area (Å²) >= 11 is 3.43. The molecular weight excluding hydrogens is 363 g/mol. The maximum atomic E-state index is 13.2. The summed E-state index contributed by atoms with van der Waals surface area (Å²) in [5, 5.41) is 0. The van der Waals surface area contributed by atoms with Crippen LogP contribution in [-0.2, 0) is 6.54 Å². The van der Waals surface area contributed by atoms with Gasteiger partial charge in [0.25, 0.3) is 0 Å². The number of rotatable bonds is 4. The van der Waals surface area contributed by atoms with Crippen LogP contribution in [0.3, 0.4) is 0 Å². The molecule has 0 radical (unpaired) electrons. The molecule has 1 aromatic heterocycles. The highest BCUT2D eigenvalue weighted by atomic mass is 79.9. The normalized spacial score (nSPS) is 15.7. The van der Waals surface area contributed by atoms with Gasteiger partial charge < -0.3 is 9.64 Å². The topological polar surface area (TPSA) is 41.5 Å². The van der Waals surface area contributed by atoms with Gasteiger partial charge in [-0.2, -0.15) is 4.98 Å². The second-order valence-electron chi connectivity index (χ2n) is 5.42. The summed E-state index contributed by atoms with van der Waals surface area (Å²) in [5.41, 5.74) is 1.10. The maximum Gasteiger partial charge on any atom is 0.233 e. The van der Waals surface area contributed by atoms with Crippen LogP contribution in [0.1, 0.15) is 5.56 Å². The Kier molecular flexibility index (Phi) is 5.07. The molecule has 0 spiro atoms. The molecule has 2 heterocycles. The Balaban J connectivity index is 1.59. The largest absolute Gasteiger partial charge is 0.480 e. The van der Waals surface area contributed by atoms with Gasteiger partial charge in [0.15, 0.2) is 5.82 Å². The first kappa shape index (κ1) is 16.1. The van der Waals surface area contributed by atoms with Crippen LogP contribution in [0, 0.1) is 5.82 Å². The maximum absolute atomic E-state index is 13.2. The zero-order chi connectivity index (χ0) is 16.2. The van der Waals surface area contributed by atoms with Crippen LogP contribution < -0.4 is 9.64 Å². The Bertz CT molecular complexity index is 677. The molecule has 1 fully saturated rings. The molecule has 0 unspecified atom stereocenters. The monoisotopic (exact) mass is 380 g/mol. The average molecular weight is 381 g/mol. The summed E-state index contributed by atoms with van der Waals surface area (Å²) < 4.78 is 19.1. The van der Waals surface area contributed by atoms with Gasteiger partial charge in [-0.1, -0.05) is 22.0 Å². The Hall–Kier alpha value is -1.73. The fourth-order valence-corrected chi connectivity index (χ4v) is 3.09. The number of nitrogens with zero attached hydrogens (tertiary/aromatic N) is 4. The summed E-state index contributed by atoms with van der Waals surface area (Å²) in [6, 6.07) is 4.85. The molecule has 2 aromatic rings. The number of hydrogen-bond donors (Lipinski definition) is 0. The zero-order valence-electron chi connectivity index (χ0n) is 12.9. The van der Waals surface area contributed by atoms with Crippen molar-refractivity contribution in [2.75, 3.05) is 38.2 Å². The second kappa shape index (κ2) is 7.23. The van der Waals surface area contributed by atoms with Gasteiger partial charge in [0.2, 0.25) is 5.88 Å². The van der Waals surface area contributed by atoms with E-state index < -0.39 is 0 Å². The van der Waals surface area contributed by atoms with E-state index in [-0.39, 0.29) is 5.82 Å². The summed E-state index contributed by atoms with van der Waals surface area (Å²) in [6.45, 7) is 4.39. The van der Waals surface area contributed by atoms with E-state index in [4.69, 9.17) is 4.74 Å². The lowest BCUT2D eigenvalue weighted by Crippen LogP contribution is -2.46. The molecule has 0 bridgehead atoms. The number of piperazine rings is 1. The summed E-state index contributed by atoms with van der Waals surface area (Å²) in [5.74, 6) is 1.15. The van der Waals surface area contributed by atoms with Crippen molar-refractivity contribution in [3.63, 3.8) is 0 Å². The molecular formula is C16H18BrFN4O. The van der Waals surface area contributed by atoms with E-state index in [2.05, 4.69) is 35.7 Å². The van der Waals surface area contributed by atoms with Crippen molar-refractivity contribution in [1.82, 2.24) is 14.9 Å². The molecule has 5 nitrogen and oxygen atoms in total. The summed E-state index contributed by atoms with van der Waals surface area (Å²) in [7, 11) is 1.59. The smallest absolute Gasteiger partial charge is 0.233 e. The van der Waals surface area contributed by atoms with Crippen LogP contribution in [0.4, 0.5) is 10.2 Å². The van der Waals surface area contributed by atoms with Crippen LogP contribution in [0.2, 0.25) is 0 Å². The van der Waals surface area contributed by atoms with Crippen molar-refractivity contribution >= 4 is 21.7 Å². The van der Waals surface area contributed by atoms with Crippen molar-refractivity contribution in [3.8, 4) is 5.88 Å². The standard InChI is InChI=1S/C16H18BrFN4O/c1-23-16-10-19-9-15(20-16)22-6-4-21(5-7-22)11-12-2-3-13(18)8-14(12)17/h2-3,8-10H,4-7,11H2,1H3. The first-order valence-electron chi connectivity index (χ1n) is 7.43. The molecule has 23 heavy (non-hydrogen) atoms. The number of halogens is 2. The highest BCUT2D eigenvalue weighted by Crippen LogP contribution is 2.21. The highest BCUT2D eigenvalue weighted by molar-refractivity contribution is 9.10. The number of aromatic nitrogens is 2. The molecule has 1 aliphatic heterocycles. The molecule has 122 valence electrons. The van der Waals surface area contributed by atoms with E-state index in [0.717, 1.165) is 48.6 Å². The molecule has 0 N–H and O–H groups in total. The van der Waals surface area contributed by atoms with Crippen molar-refractivity contribution < 1.29 is 9.13 Å². The second-order valence-corrected chi connectivity index (χ2v) is 6.27. The Morgan fingerprint density at radius 3 is 2.70 bits per heavy atom. The van der Waals surface area contributed by atoms with Gasteiger partial charge in [0.1, 0.15) is 5.82 Å². The predicted molar refractivity (Wildman–Crippen MR) is 90.2 cm³/mol. The Morgan fingerprint density at radius 2 is 2.00 bits per heavy atom. The van der Waals surface area contributed by atoms with Crippen LogP contribution >= 0.6 is 15.9 Å². The number of methoxy groups -OCH3 is 1. The third kappa shape index (κ3) is 3.97. The van der Waals surface area contributed by atoms with Gasteiger partial charge in [0, 0.05) is 37.2 Å². The lowest BCUT2D eigenvalue weighted by molar-refractivity contribution is 0.248. The van der Waals surface area contributed by atoms with Crippen molar-refractivity contribution in [2.45, 2.75) is 6.54 Å². The van der Waals surface area contributed by atoms with Gasteiger partial charge in [0.05, 0.1) is 19.5 Å². The molecule has 0 aliphatic carbocycles. The summed E-state index contributed by atoms with van der Waals surface area (Å²) in [4.78, 5) is 13.1. The minimum atomic E-state index is -0.220. The molecule has 0 saturated carbocycles. The minimum absolute atomic E-state index is 0.220. The lowest BCUT2D eigenvalue weighted by Gasteiger charge is -2.35. The van der Waals surface area contributed by atoms with Gasteiger partial charge >= 0.3 is 0 Å². The molecule has 1 aromatic carbocycles. The number of anilines is 1. The molecule has 0 amide bonds. The van der Waals surface area contributed by atoms with E-state index in [1.54, 1.807) is 19.5 Å². The molecule has 1 aliphatic rings. The van der Waals surface area contributed by atoms with E-state index in [9.17, 15) is 4.39 Å². The van der Waals surface area contributed by atoms with Crippen LogP contribution in [0.5, 0.6) is 5.88 Å². The predicted octanol–water partition coefficient (Wildman–Crippen LogP) is 2.71. The van der Waals surface area contributed by atoms with Crippen molar-refractivity contribution in [2.24, 2.45) is 0 Å². The average Bonchev–Trinajstić information content (AvgIpc) is 2.58. The van der Waals surface area contributed by atoms with Crippen LogP contribution in [-0.4, -0.2) is 48.2 Å². The van der Waals surface area contributed by atoms with Crippen molar-refractivity contribution in [1.29, 1.82) is 0 Å². The molecule has 0 atom stereocenters. The van der Waals surface area contributed by atoms with Gasteiger partial charge in [-0.05, 0) is 17.7 Å². The SMILES string of the molecule is COc1cncc(N2CCN(Cc3ccc(F)cc3Br)CC2)n1. The quantitative estimate of drug-likeness (QED) is 0.815. The minimum Gasteiger partial charge on any atom is -0.480 e. The zero-order valence-corrected chi connectivity index (χ0v) is 14.5. The van der Waals surface area contributed by atoms with Gasteiger partial charge in [-0.25, -0.2) is 4.39 Å². The van der Waals surface area contributed by atoms with E-state index in [1.165, 1.54) is 12.1 Å². The van der Waals surface area contributed by atoms with Crippen LogP contribution in [0.25, 0.3) is 0 Å². The van der Waals surface area contributed by atoms with E-state index in [0.29, 0.717) is 5.88 Å². The van der Waals surface area contributed by atoms with Crippen molar-refractivity contribution in [3.05, 3.63) is 46.4 Å². The number of benzene rings is 1. The molecule has 1 saturated heterocycles. The van der Waals surface area contributed by atoms with Gasteiger partial charge in [-0.3, -0.25) is 9.88 Å². The number of ether oxygens (including phenoxy) is 1. The lowest BCUT2D eigenvalue weighted by atomic mass is 10.2. The summed E-state index contributed by atoms with van der Waals surface area (Å²) in [6.07, 6.45) is 3.36. The van der Waals surface area contributed by atoms with E-state index in [1.807, 2.05) is 6.07 Å². The first-order chi connectivity index (χ1) is 11.2. The van der Waals surface area contributed by atoms with Gasteiger partial charge in [-0.15, -0.1) is 0 Å². The third-order valence-electron chi connectivity index (χ3n) is 3.91. The Morgan fingerprint density at radius 1 is 1.22 bits per heavy atom.